The first-order valence-electron chi connectivity index (χ1n) is 4.03. The molecule has 0 radical (unpaired) electrons. The number of rotatable bonds is 5. The Bertz CT molecular complexity index is 144. The number of halogens is 1. The Morgan fingerprint density at radius 3 is 2.46 bits per heavy atom. The quantitative estimate of drug-likeness (QED) is 0.723. The Balaban J connectivity index is 0. The first-order valence-corrected chi connectivity index (χ1v) is 5.42. The van der Waals surface area contributed by atoms with Crippen LogP contribution >= 0.6 is 24.2 Å². The predicted octanol–water partition coefficient (Wildman–Crippen LogP) is 1.44. The highest BCUT2D eigenvalue weighted by Gasteiger charge is 2.15. The molecule has 0 amide bonds. The average Bonchev–Trinajstić information content (AvgIpc) is 1.98. The molecule has 0 saturated carbocycles. The van der Waals surface area contributed by atoms with Crippen LogP contribution in [0.2, 0.25) is 0 Å². The zero-order valence-corrected chi connectivity index (χ0v) is 9.91. The monoisotopic (exact) mass is 227 g/mol. The molecule has 3 nitrogen and oxygen atoms in total. The third kappa shape index (κ3) is 8.40. The standard InChI is InChI=1S/C8H17NO2S.ClH/c1-6(2)11-8(10)7(9)4-5-12-3;/h6-7H,4-5,9H2,1-3H3;1H. The lowest BCUT2D eigenvalue weighted by atomic mass is 10.2. The van der Waals surface area contributed by atoms with Crippen molar-refractivity contribution in [1.29, 1.82) is 0 Å². The topological polar surface area (TPSA) is 52.3 Å². The molecule has 13 heavy (non-hydrogen) atoms. The van der Waals surface area contributed by atoms with E-state index in [1.807, 2.05) is 20.1 Å². The van der Waals surface area contributed by atoms with Crippen LogP contribution in [-0.2, 0) is 9.53 Å². The van der Waals surface area contributed by atoms with Crippen LogP contribution in [0.5, 0.6) is 0 Å². The molecule has 0 bridgehead atoms. The molecule has 0 saturated heterocycles. The SMILES string of the molecule is CSCCC(N)C(=O)OC(C)C.Cl. The van der Waals surface area contributed by atoms with Gasteiger partial charge in [-0.2, -0.15) is 11.8 Å². The van der Waals surface area contributed by atoms with Crippen LogP contribution in [0, 0.1) is 0 Å². The van der Waals surface area contributed by atoms with E-state index in [-0.39, 0.29) is 24.5 Å². The first-order chi connectivity index (χ1) is 5.57. The Hall–Kier alpha value is 0.0700. The zero-order chi connectivity index (χ0) is 9.56. The van der Waals surface area contributed by atoms with E-state index in [4.69, 9.17) is 10.5 Å². The third-order valence-corrected chi connectivity index (χ3v) is 1.93. The number of thioether (sulfide) groups is 1. The van der Waals surface area contributed by atoms with Crippen molar-refractivity contribution in [2.24, 2.45) is 5.73 Å². The molecule has 1 unspecified atom stereocenters. The van der Waals surface area contributed by atoms with Gasteiger partial charge in [-0.15, -0.1) is 12.4 Å². The number of carbonyl (C=O) groups excluding carboxylic acids is 1. The van der Waals surface area contributed by atoms with E-state index in [0.29, 0.717) is 6.42 Å². The van der Waals surface area contributed by atoms with Crippen LogP contribution in [0.3, 0.4) is 0 Å². The molecule has 2 N–H and O–H groups in total. The van der Waals surface area contributed by atoms with Crippen molar-refractivity contribution in [2.75, 3.05) is 12.0 Å². The van der Waals surface area contributed by atoms with Gasteiger partial charge in [-0.3, -0.25) is 4.79 Å². The van der Waals surface area contributed by atoms with Crippen molar-refractivity contribution in [3.8, 4) is 0 Å². The summed E-state index contributed by atoms with van der Waals surface area (Å²) in [5, 5.41) is 0. The molecule has 0 spiro atoms. The Kier molecular flexibility index (Phi) is 10.3. The number of hydrogen-bond acceptors (Lipinski definition) is 4. The van der Waals surface area contributed by atoms with Crippen molar-refractivity contribution in [3.05, 3.63) is 0 Å². The largest absolute Gasteiger partial charge is 0.462 e. The maximum absolute atomic E-state index is 11.1. The molecule has 0 aliphatic carbocycles. The smallest absolute Gasteiger partial charge is 0.323 e. The molecule has 0 aromatic rings. The van der Waals surface area contributed by atoms with Gasteiger partial charge in [0.15, 0.2) is 0 Å². The number of carbonyl (C=O) groups is 1. The van der Waals surface area contributed by atoms with Gasteiger partial charge in [-0.05, 0) is 32.3 Å². The van der Waals surface area contributed by atoms with Crippen LogP contribution in [-0.4, -0.2) is 30.1 Å². The Morgan fingerprint density at radius 2 is 2.08 bits per heavy atom. The summed E-state index contributed by atoms with van der Waals surface area (Å²) >= 11 is 1.68. The Labute approximate surface area is 90.2 Å². The van der Waals surface area contributed by atoms with Gasteiger partial charge < -0.3 is 10.5 Å². The van der Waals surface area contributed by atoms with Crippen LogP contribution in [0.25, 0.3) is 0 Å². The molecule has 80 valence electrons. The molecule has 5 heteroatoms. The highest BCUT2D eigenvalue weighted by molar-refractivity contribution is 7.98. The van der Waals surface area contributed by atoms with Gasteiger partial charge in [-0.25, -0.2) is 0 Å². The molecular formula is C8H18ClNO2S. The summed E-state index contributed by atoms with van der Waals surface area (Å²) in [5.41, 5.74) is 5.56. The minimum atomic E-state index is -0.458. The summed E-state index contributed by atoms with van der Waals surface area (Å²) in [6, 6.07) is -0.458. The van der Waals surface area contributed by atoms with Crippen molar-refractivity contribution < 1.29 is 9.53 Å². The van der Waals surface area contributed by atoms with Crippen molar-refractivity contribution in [3.63, 3.8) is 0 Å². The molecule has 0 heterocycles. The molecule has 0 aliphatic heterocycles. The van der Waals surface area contributed by atoms with Crippen molar-refractivity contribution in [2.45, 2.75) is 32.4 Å². The van der Waals surface area contributed by atoms with Crippen LogP contribution < -0.4 is 5.73 Å². The first kappa shape index (κ1) is 15.5. The fourth-order valence-corrected chi connectivity index (χ4v) is 1.17. The molecule has 0 rings (SSSR count). The highest BCUT2D eigenvalue weighted by Crippen LogP contribution is 2.01. The molecule has 0 aromatic heterocycles. The van der Waals surface area contributed by atoms with Gasteiger partial charge in [-0.1, -0.05) is 0 Å². The van der Waals surface area contributed by atoms with Gasteiger partial charge in [0.05, 0.1) is 6.10 Å². The lowest BCUT2D eigenvalue weighted by Gasteiger charge is -2.12. The van der Waals surface area contributed by atoms with E-state index in [2.05, 4.69) is 0 Å². The lowest BCUT2D eigenvalue weighted by Crippen LogP contribution is -2.34. The molecule has 1 atom stereocenters. The van der Waals surface area contributed by atoms with Crippen molar-refractivity contribution >= 4 is 30.1 Å². The average molecular weight is 228 g/mol. The van der Waals surface area contributed by atoms with Crippen LogP contribution in [0.4, 0.5) is 0 Å². The number of hydrogen-bond donors (Lipinski definition) is 1. The second-order valence-electron chi connectivity index (χ2n) is 2.87. The fourth-order valence-electron chi connectivity index (χ4n) is 0.682. The van der Waals surface area contributed by atoms with E-state index < -0.39 is 6.04 Å². The predicted molar refractivity (Wildman–Crippen MR) is 59.5 cm³/mol. The van der Waals surface area contributed by atoms with Crippen LogP contribution in [0.15, 0.2) is 0 Å². The maximum Gasteiger partial charge on any atom is 0.323 e. The minimum absolute atomic E-state index is 0. The second kappa shape index (κ2) is 8.66. The van der Waals surface area contributed by atoms with Gasteiger partial charge in [0, 0.05) is 0 Å². The second-order valence-corrected chi connectivity index (χ2v) is 3.86. The summed E-state index contributed by atoms with van der Waals surface area (Å²) in [4.78, 5) is 11.1. The van der Waals surface area contributed by atoms with E-state index in [1.54, 1.807) is 11.8 Å². The highest BCUT2D eigenvalue weighted by atomic mass is 35.5. The number of nitrogens with two attached hydrogens (primary N) is 1. The van der Waals surface area contributed by atoms with E-state index in [9.17, 15) is 4.79 Å². The number of ether oxygens (including phenoxy) is 1. The maximum atomic E-state index is 11.1. The zero-order valence-electron chi connectivity index (χ0n) is 8.28. The molecular weight excluding hydrogens is 210 g/mol. The summed E-state index contributed by atoms with van der Waals surface area (Å²) in [6.45, 7) is 3.64. The Morgan fingerprint density at radius 1 is 1.54 bits per heavy atom. The summed E-state index contributed by atoms with van der Waals surface area (Å²) in [6.07, 6.45) is 2.60. The lowest BCUT2D eigenvalue weighted by molar-refractivity contribution is -0.149. The van der Waals surface area contributed by atoms with Gasteiger partial charge in [0.2, 0.25) is 0 Å². The van der Waals surface area contributed by atoms with E-state index in [0.717, 1.165) is 5.75 Å². The summed E-state index contributed by atoms with van der Waals surface area (Å²) in [7, 11) is 0. The molecule has 0 aromatic carbocycles. The van der Waals surface area contributed by atoms with E-state index >= 15 is 0 Å². The summed E-state index contributed by atoms with van der Waals surface area (Å²) in [5.74, 6) is 0.605. The van der Waals surface area contributed by atoms with Gasteiger partial charge >= 0.3 is 5.97 Å². The normalized spacial score (nSPS) is 12.1. The van der Waals surface area contributed by atoms with Gasteiger partial charge in [0.1, 0.15) is 6.04 Å². The van der Waals surface area contributed by atoms with Gasteiger partial charge in [0.25, 0.3) is 0 Å². The van der Waals surface area contributed by atoms with E-state index in [1.165, 1.54) is 0 Å². The fraction of sp³-hybridized carbons (Fsp3) is 0.875. The number of esters is 1. The minimum Gasteiger partial charge on any atom is -0.462 e. The van der Waals surface area contributed by atoms with Crippen LogP contribution in [0.1, 0.15) is 20.3 Å². The summed E-state index contributed by atoms with van der Waals surface area (Å²) < 4.78 is 4.94. The molecule has 0 fully saturated rings. The molecule has 0 aliphatic rings. The van der Waals surface area contributed by atoms with Crippen molar-refractivity contribution in [1.82, 2.24) is 0 Å². The third-order valence-electron chi connectivity index (χ3n) is 1.29.